The molecule has 5 rings (SSSR count). The quantitative estimate of drug-likeness (QED) is 0.287. The summed E-state index contributed by atoms with van der Waals surface area (Å²) in [6, 6.07) is 22.0. The number of aromatic nitrogens is 1. The molecule has 0 bridgehead atoms. The molecule has 0 saturated heterocycles. The van der Waals surface area contributed by atoms with Gasteiger partial charge in [-0.2, -0.15) is 0 Å². The topological polar surface area (TPSA) is 91.4 Å². The molecule has 33 heavy (non-hydrogen) atoms. The summed E-state index contributed by atoms with van der Waals surface area (Å²) in [5.74, 6) is -0.471. The van der Waals surface area contributed by atoms with E-state index in [0.717, 1.165) is 32.1 Å². The van der Waals surface area contributed by atoms with E-state index in [4.69, 9.17) is 9.84 Å². The van der Waals surface area contributed by atoms with Gasteiger partial charge in [0.25, 0.3) is 0 Å². The maximum absolute atomic E-state index is 12.7. The Balaban J connectivity index is 1.36. The molecule has 0 aliphatic heterocycles. The summed E-state index contributed by atoms with van der Waals surface area (Å²) >= 11 is 3.45. The second kappa shape index (κ2) is 8.75. The molecule has 0 spiro atoms. The van der Waals surface area contributed by atoms with E-state index in [1.165, 1.54) is 11.1 Å². The highest BCUT2D eigenvalue weighted by molar-refractivity contribution is 9.10. The SMILES string of the molecule is O=C(O)CCc1c(NC(=O)OCC2c3ccccc3-c3ccccc32)[nH]c2ccc(Br)cc12. The summed E-state index contributed by atoms with van der Waals surface area (Å²) in [4.78, 5) is 27.1. The van der Waals surface area contributed by atoms with E-state index in [2.05, 4.69) is 50.5 Å². The number of halogens is 1. The number of nitrogens with one attached hydrogen (secondary N) is 2. The number of anilines is 1. The van der Waals surface area contributed by atoms with Gasteiger partial charge in [0.1, 0.15) is 12.4 Å². The lowest BCUT2D eigenvalue weighted by Gasteiger charge is -2.14. The molecule has 166 valence electrons. The van der Waals surface area contributed by atoms with Gasteiger partial charge in [0, 0.05) is 33.3 Å². The van der Waals surface area contributed by atoms with Gasteiger partial charge in [-0.25, -0.2) is 4.79 Å². The van der Waals surface area contributed by atoms with Crippen molar-refractivity contribution >= 4 is 44.7 Å². The van der Waals surface area contributed by atoms with E-state index >= 15 is 0 Å². The van der Waals surface area contributed by atoms with Crippen molar-refractivity contribution in [2.24, 2.45) is 0 Å². The second-order valence-electron chi connectivity index (χ2n) is 8.01. The van der Waals surface area contributed by atoms with Gasteiger partial charge >= 0.3 is 12.1 Å². The van der Waals surface area contributed by atoms with Gasteiger partial charge in [-0.15, -0.1) is 0 Å². The zero-order valence-corrected chi connectivity index (χ0v) is 19.2. The molecule has 0 radical (unpaired) electrons. The lowest BCUT2D eigenvalue weighted by Crippen LogP contribution is -2.18. The number of H-pyrrole nitrogens is 1. The van der Waals surface area contributed by atoms with Crippen LogP contribution in [0, 0.1) is 0 Å². The van der Waals surface area contributed by atoms with Crippen LogP contribution in [0.25, 0.3) is 22.0 Å². The lowest BCUT2D eigenvalue weighted by molar-refractivity contribution is -0.136. The van der Waals surface area contributed by atoms with Crippen molar-refractivity contribution in [3.05, 3.63) is 87.9 Å². The molecular weight excluding hydrogens is 484 g/mol. The number of hydrogen-bond donors (Lipinski definition) is 3. The minimum Gasteiger partial charge on any atom is -0.481 e. The number of aromatic amines is 1. The second-order valence-corrected chi connectivity index (χ2v) is 8.93. The minimum atomic E-state index is -0.897. The van der Waals surface area contributed by atoms with Gasteiger partial charge in [-0.1, -0.05) is 64.5 Å². The zero-order chi connectivity index (χ0) is 22.9. The number of carboxylic acid groups (broad SMARTS) is 1. The first kappa shape index (κ1) is 21.3. The van der Waals surface area contributed by atoms with Crippen LogP contribution in [0.2, 0.25) is 0 Å². The number of carbonyl (C=O) groups is 2. The van der Waals surface area contributed by atoms with Crippen molar-refractivity contribution in [1.82, 2.24) is 4.98 Å². The Labute approximate surface area is 198 Å². The number of hydrogen-bond acceptors (Lipinski definition) is 3. The third kappa shape index (κ3) is 4.12. The lowest BCUT2D eigenvalue weighted by atomic mass is 9.98. The summed E-state index contributed by atoms with van der Waals surface area (Å²) in [5.41, 5.74) is 6.17. The largest absolute Gasteiger partial charge is 0.481 e. The van der Waals surface area contributed by atoms with Crippen molar-refractivity contribution in [1.29, 1.82) is 0 Å². The summed E-state index contributed by atoms with van der Waals surface area (Å²) < 4.78 is 6.52. The molecule has 6 nitrogen and oxygen atoms in total. The Morgan fingerprint density at radius 1 is 1.00 bits per heavy atom. The zero-order valence-electron chi connectivity index (χ0n) is 17.6. The highest BCUT2D eigenvalue weighted by atomic mass is 79.9. The Hall–Kier alpha value is -3.58. The summed E-state index contributed by atoms with van der Waals surface area (Å²) in [6.45, 7) is 0.204. The van der Waals surface area contributed by atoms with E-state index in [0.29, 0.717) is 5.82 Å². The van der Waals surface area contributed by atoms with Crippen molar-refractivity contribution in [3.8, 4) is 11.1 Å². The number of ether oxygens (including phenoxy) is 1. The van der Waals surface area contributed by atoms with E-state index in [1.54, 1.807) is 0 Å². The van der Waals surface area contributed by atoms with Gasteiger partial charge in [0.15, 0.2) is 0 Å². The average Bonchev–Trinajstić information content (AvgIpc) is 3.31. The summed E-state index contributed by atoms with van der Waals surface area (Å²) in [7, 11) is 0. The van der Waals surface area contributed by atoms with Gasteiger partial charge in [-0.05, 0) is 46.9 Å². The normalized spacial score (nSPS) is 12.4. The molecule has 1 aliphatic carbocycles. The number of rotatable bonds is 6. The summed E-state index contributed by atoms with van der Waals surface area (Å²) in [5, 5.41) is 12.8. The predicted molar refractivity (Wildman–Crippen MR) is 131 cm³/mol. The molecule has 4 aromatic rings. The molecule has 0 saturated carbocycles. The third-order valence-corrected chi connectivity index (χ3v) is 6.52. The number of carboxylic acids is 1. The number of aliphatic carboxylic acids is 1. The van der Waals surface area contributed by atoms with Crippen LogP contribution in [-0.4, -0.2) is 28.8 Å². The number of amides is 1. The summed E-state index contributed by atoms with van der Waals surface area (Å²) in [6.07, 6.45) is -0.345. The highest BCUT2D eigenvalue weighted by Gasteiger charge is 2.29. The molecule has 1 aliphatic rings. The van der Waals surface area contributed by atoms with E-state index < -0.39 is 12.1 Å². The van der Waals surface area contributed by atoms with E-state index in [9.17, 15) is 9.59 Å². The molecular formula is C26H21BrN2O4. The van der Waals surface area contributed by atoms with Gasteiger partial charge in [0.05, 0.1) is 0 Å². The maximum atomic E-state index is 12.7. The van der Waals surface area contributed by atoms with Crippen LogP contribution in [0.5, 0.6) is 0 Å². The van der Waals surface area contributed by atoms with E-state index in [-0.39, 0.29) is 25.4 Å². The smallest absolute Gasteiger partial charge is 0.412 e. The fourth-order valence-electron chi connectivity index (χ4n) is 4.55. The van der Waals surface area contributed by atoms with Gasteiger partial charge < -0.3 is 14.8 Å². The molecule has 3 aromatic carbocycles. The van der Waals surface area contributed by atoms with Crippen LogP contribution in [0.4, 0.5) is 10.6 Å². The maximum Gasteiger partial charge on any atom is 0.412 e. The predicted octanol–water partition coefficient (Wildman–Crippen LogP) is 6.31. The van der Waals surface area contributed by atoms with Crippen LogP contribution in [0.15, 0.2) is 71.2 Å². The minimum absolute atomic E-state index is 0.0340. The highest BCUT2D eigenvalue weighted by Crippen LogP contribution is 2.44. The van der Waals surface area contributed by atoms with Crippen LogP contribution >= 0.6 is 15.9 Å². The van der Waals surface area contributed by atoms with Crippen molar-refractivity contribution in [2.45, 2.75) is 18.8 Å². The molecule has 0 atom stereocenters. The fourth-order valence-corrected chi connectivity index (χ4v) is 4.92. The first-order valence-corrected chi connectivity index (χ1v) is 11.4. The molecule has 0 unspecified atom stereocenters. The Kier molecular flexibility index (Phi) is 5.64. The van der Waals surface area contributed by atoms with Crippen LogP contribution in [0.1, 0.15) is 29.0 Å². The molecule has 7 heteroatoms. The fraction of sp³-hybridized carbons (Fsp3) is 0.154. The molecule has 1 amide bonds. The van der Waals surface area contributed by atoms with Gasteiger partial charge in [0.2, 0.25) is 0 Å². The Morgan fingerprint density at radius 2 is 1.67 bits per heavy atom. The number of carbonyl (C=O) groups excluding carboxylic acids is 1. The van der Waals surface area contributed by atoms with Crippen LogP contribution in [-0.2, 0) is 16.0 Å². The van der Waals surface area contributed by atoms with Crippen LogP contribution in [0.3, 0.4) is 0 Å². The van der Waals surface area contributed by atoms with Crippen molar-refractivity contribution < 1.29 is 19.4 Å². The number of benzene rings is 3. The third-order valence-electron chi connectivity index (χ3n) is 6.03. The van der Waals surface area contributed by atoms with Crippen LogP contribution < -0.4 is 5.32 Å². The number of fused-ring (bicyclic) bond motifs is 4. The van der Waals surface area contributed by atoms with Crippen molar-refractivity contribution in [2.75, 3.05) is 11.9 Å². The number of aryl methyl sites for hydroxylation is 1. The first-order valence-electron chi connectivity index (χ1n) is 10.6. The molecule has 3 N–H and O–H groups in total. The monoisotopic (exact) mass is 504 g/mol. The van der Waals surface area contributed by atoms with Gasteiger partial charge in [-0.3, -0.25) is 10.1 Å². The molecule has 1 heterocycles. The molecule has 0 fully saturated rings. The standard InChI is InChI=1S/C26H21BrN2O4/c27-15-9-11-23-21(13-15)20(10-12-24(30)31)25(28-23)29-26(32)33-14-22-18-7-3-1-5-16(18)17-6-2-4-8-19(17)22/h1-9,11,13,22,28H,10,12,14H2,(H,29,32)(H,30,31). The average molecular weight is 505 g/mol. The Morgan fingerprint density at radius 3 is 2.33 bits per heavy atom. The van der Waals surface area contributed by atoms with E-state index in [1.807, 2.05) is 42.5 Å². The van der Waals surface area contributed by atoms with Crippen molar-refractivity contribution in [3.63, 3.8) is 0 Å². The molecule has 1 aromatic heterocycles. The Bertz CT molecular complexity index is 1330. The first-order chi connectivity index (χ1) is 16.0.